The third kappa shape index (κ3) is 3.96. The Morgan fingerprint density at radius 2 is 1.96 bits per heavy atom. The Kier molecular flexibility index (Phi) is 4.70. The van der Waals surface area contributed by atoms with Crippen LogP contribution in [0.4, 0.5) is 15.8 Å². The number of hydrogen-bond donors (Lipinski definition) is 2. The van der Waals surface area contributed by atoms with E-state index < -0.39 is 11.7 Å². The first-order chi connectivity index (χ1) is 11.9. The van der Waals surface area contributed by atoms with E-state index in [-0.39, 0.29) is 24.3 Å². The van der Waals surface area contributed by atoms with Crippen LogP contribution in [0.5, 0.6) is 5.75 Å². The number of halogens is 1. The Morgan fingerprint density at radius 1 is 1.24 bits per heavy atom. The molecule has 1 atom stereocenters. The maximum atomic E-state index is 13.4. The van der Waals surface area contributed by atoms with Crippen molar-refractivity contribution in [3.8, 4) is 5.75 Å². The summed E-state index contributed by atoms with van der Waals surface area (Å²) in [6.07, 6.45) is 0.0945. The molecule has 25 heavy (non-hydrogen) atoms. The molecule has 0 bridgehead atoms. The van der Waals surface area contributed by atoms with Crippen molar-refractivity contribution in [2.24, 2.45) is 0 Å². The van der Waals surface area contributed by atoms with Crippen LogP contribution in [0.1, 0.15) is 31.7 Å². The van der Waals surface area contributed by atoms with Crippen molar-refractivity contribution < 1.29 is 18.7 Å². The largest absolute Gasteiger partial charge is 0.491 e. The number of rotatable bonds is 4. The molecule has 2 aromatic carbocycles. The third-order valence-electron chi connectivity index (χ3n) is 3.86. The minimum atomic E-state index is -0.657. The van der Waals surface area contributed by atoms with Crippen LogP contribution in [0.15, 0.2) is 42.5 Å². The summed E-state index contributed by atoms with van der Waals surface area (Å²) < 4.78 is 18.9. The number of amides is 2. The lowest BCUT2D eigenvalue weighted by Gasteiger charge is -2.25. The number of fused-ring (bicyclic) bond motifs is 1. The molecule has 0 unspecified atom stereocenters. The number of nitrogens with one attached hydrogen (secondary N) is 2. The highest BCUT2D eigenvalue weighted by molar-refractivity contribution is 6.05. The van der Waals surface area contributed by atoms with Gasteiger partial charge >= 0.3 is 0 Å². The van der Waals surface area contributed by atoms with Gasteiger partial charge in [0.15, 0.2) is 0 Å². The fraction of sp³-hybridized carbons (Fsp3) is 0.263. The van der Waals surface area contributed by atoms with Crippen molar-refractivity contribution in [1.29, 1.82) is 0 Å². The maximum Gasteiger partial charge on any atom is 0.232 e. The van der Waals surface area contributed by atoms with Gasteiger partial charge in [-0.3, -0.25) is 9.59 Å². The van der Waals surface area contributed by atoms with Crippen molar-refractivity contribution >= 4 is 23.2 Å². The Labute approximate surface area is 145 Å². The molecule has 2 amide bonds. The number of carbonyl (C=O) groups excluding carboxylic acids is 2. The molecule has 2 N–H and O–H groups in total. The van der Waals surface area contributed by atoms with Crippen LogP contribution in [0.2, 0.25) is 0 Å². The number of benzene rings is 2. The Balaban J connectivity index is 1.76. The molecule has 1 aliphatic rings. The highest BCUT2D eigenvalue weighted by Crippen LogP contribution is 2.33. The van der Waals surface area contributed by atoms with Gasteiger partial charge in [0.2, 0.25) is 11.8 Å². The molecular formula is C19H19FN2O3. The molecule has 0 aromatic heterocycles. The van der Waals surface area contributed by atoms with Crippen LogP contribution in [-0.2, 0) is 9.59 Å². The second-order valence-electron chi connectivity index (χ2n) is 6.22. The molecule has 0 aliphatic carbocycles. The number of ether oxygens (including phenoxy) is 1. The second-order valence-corrected chi connectivity index (χ2v) is 6.22. The predicted molar refractivity (Wildman–Crippen MR) is 93.2 cm³/mol. The Morgan fingerprint density at radius 3 is 2.64 bits per heavy atom. The average molecular weight is 342 g/mol. The van der Waals surface area contributed by atoms with Crippen molar-refractivity contribution in [2.75, 3.05) is 10.6 Å². The van der Waals surface area contributed by atoms with Crippen molar-refractivity contribution in [3.05, 3.63) is 53.8 Å². The van der Waals surface area contributed by atoms with Crippen molar-refractivity contribution in [1.82, 2.24) is 0 Å². The summed E-state index contributed by atoms with van der Waals surface area (Å²) in [4.78, 5) is 24.4. The van der Waals surface area contributed by atoms with E-state index in [0.717, 1.165) is 0 Å². The van der Waals surface area contributed by atoms with Gasteiger partial charge in [0.25, 0.3) is 0 Å². The molecular weight excluding hydrogens is 323 g/mol. The van der Waals surface area contributed by atoms with Crippen molar-refractivity contribution in [3.63, 3.8) is 0 Å². The third-order valence-corrected chi connectivity index (χ3v) is 3.86. The molecule has 0 saturated carbocycles. The first kappa shape index (κ1) is 17.0. The number of carbonyl (C=O) groups is 2. The fourth-order valence-corrected chi connectivity index (χ4v) is 2.79. The molecule has 3 rings (SSSR count). The van der Waals surface area contributed by atoms with Crippen molar-refractivity contribution in [2.45, 2.75) is 32.3 Å². The molecule has 0 spiro atoms. The lowest BCUT2D eigenvalue weighted by molar-refractivity contribution is -0.123. The normalized spacial score (nSPS) is 16.2. The fourth-order valence-electron chi connectivity index (χ4n) is 2.79. The zero-order chi connectivity index (χ0) is 18.0. The van der Waals surface area contributed by atoms with Gasteiger partial charge in [-0.25, -0.2) is 4.39 Å². The Hall–Kier alpha value is -2.89. The smallest absolute Gasteiger partial charge is 0.232 e. The highest BCUT2D eigenvalue weighted by Gasteiger charge is 2.31. The summed E-state index contributed by atoms with van der Waals surface area (Å²) in [6.45, 7) is 3.87. The molecule has 6 heteroatoms. The minimum absolute atomic E-state index is 0.0268. The van der Waals surface area contributed by atoms with Crippen LogP contribution >= 0.6 is 0 Å². The van der Waals surface area contributed by atoms with E-state index in [1.807, 2.05) is 13.8 Å². The van der Waals surface area contributed by atoms with Gasteiger partial charge in [-0.05, 0) is 55.8 Å². The van der Waals surface area contributed by atoms with Gasteiger partial charge in [-0.1, -0.05) is 6.07 Å². The van der Waals surface area contributed by atoms with Crippen LogP contribution in [0.25, 0.3) is 0 Å². The molecule has 0 radical (unpaired) electrons. The van der Waals surface area contributed by atoms with Crippen LogP contribution in [0, 0.1) is 5.82 Å². The average Bonchev–Trinajstić information content (AvgIpc) is 2.55. The quantitative estimate of drug-likeness (QED) is 0.891. The SMILES string of the molecule is CC(C)Oc1ccc(NC(=O)[C@H]2CC(=O)Nc3cc(F)ccc32)cc1. The summed E-state index contributed by atoms with van der Waals surface area (Å²) in [7, 11) is 0. The number of hydrogen-bond acceptors (Lipinski definition) is 3. The first-order valence-electron chi connectivity index (χ1n) is 8.09. The summed E-state index contributed by atoms with van der Waals surface area (Å²) in [5, 5.41) is 5.40. The zero-order valence-electron chi connectivity index (χ0n) is 14.0. The summed E-state index contributed by atoms with van der Waals surface area (Å²) in [6, 6.07) is 11.1. The predicted octanol–water partition coefficient (Wildman–Crippen LogP) is 3.68. The first-order valence-corrected chi connectivity index (χ1v) is 8.09. The molecule has 2 aromatic rings. The van der Waals surface area contributed by atoms with E-state index in [4.69, 9.17) is 4.74 Å². The lowest BCUT2D eigenvalue weighted by atomic mass is 9.89. The standard InChI is InChI=1S/C19H19FN2O3/c1-11(2)25-14-6-4-13(5-7-14)21-19(24)16-10-18(23)22-17-9-12(20)3-8-15(16)17/h3-9,11,16H,10H2,1-2H3,(H,21,24)(H,22,23)/t16-/m0/s1. The monoisotopic (exact) mass is 342 g/mol. The summed E-state index contributed by atoms with van der Waals surface area (Å²) in [5.74, 6) is -1.01. The van der Waals surface area contributed by atoms with Gasteiger partial charge < -0.3 is 15.4 Å². The molecule has 130 valence electrons. The van der Waals surface area contributed by atoms with E-state index in [1.165, 1.54) is 18.2 Å². The lowest BCUT2D eigenvalue weighted by Crippen LogP contribution is -2.30. The van der Waals surface area contributed by atoms with E-state index in [1.54, 1.807) is 24.3 Å². The van der Waals surface area contributed by atoms with E-state index in [0.29, 0.717) is 22.7 Å². The molecule has 1 aliphatic heterocycles. The highest BCUT2D eigenvalue weighted by atomic mass is 19.1. The topological polar surface area (TPSA) is 67.4 Å². The molecule has 0 saturated heterocycles. The van der Waals surface area contributed by atoms with Gasteiger partial charge in [0.1, 0.15) is 11.6 Å². The van der Waals surface area contributed by atoms with E-state index in [2.05, 4.69) is 10.6 Å². The van der Waals surface area contributed by atoms with Gasteiger partial charge in [0.05, 0.1) is 12.0 Å². The molecule has 5 nitrogen and oxygen atoms in total. The molecule has 1 heterocycles. The van der Waals surface area contributed by atoms with Gasteiger partial charge in [0, 0.05) is 17.8 Å². The minimum Gasteiger partial charge on any atom is -0.491 e. The second kappa shape index (κ2) is 6.93. The van der Waals surface area contributed by atoms with E-state index >= 15 is 0 Å². The van der Waals surface area contributed by atoms with Gasteiger partial charge in [-0.15, -0.1) is 0 Å². The number of anilines is 2. The Bertz CT molecular complexity index is 803. The van der Waals surface area contributed by atoms with E-state index in [9.17, 15) is 14.0 Å². The van der Waals surface area contributed by atoms with Crippen LogP contribution < -0.4 is 15.4 Å². The molecule has 0 fully saturated rings. The van der Waals surface area contributed by atoms with Crippen LogP contribution in [-0.4, -0.2) is 17.9 Å². The summed E-state index contributed by atoms with van der Waals surface area (Å²) in [5.41, 5.74) is 1.56. The van der Waals surface area contributed by atoms with Gasteiger partial charge in [-0.2, -0.15) is 0 Å². The van der Waals surface area contributed by atoms with Crippen LogP contribution in [0.3, 0.4) is 0 Å². The maximum absolute atomic E-state index is 13.4. The zero-order valence-corrected chi connectivity index (χ0v) is 14.0. The summed E-state index contributed by atoms with van der Waals surface area (Å²) >= 11 is 0.